The van der Waals surface area contributed by atoms with E-state index >= 15 is 0 Å². The molecule has 0 aromatic carbocycles. The predicted octanol–water partition coefficient (Wildman–Crippen LogP) is 3.16. The van der Waals surface area contributed by atoms with Crippen molar-refractivity contribution in [2.45, 2.75) is 13.8 Å². The number of aryl methyl sites for hydroxylation is 3. The van der Waals surface area contributed by atoms with E-state index in [2.05, 4.69) is 20.1 Å². The van der Waals surface area contributed by atoms with Gasteiger partial charge in [-0.2, -0.15) is 5.10 Å². The minimum absolute atomic E-state index is 0.724. The second kappa shape index (κ2) is 6.63. The molecule has 0 radical (unpaired) electrons. The van der Waals surface area contributed by atoms with Gasteiger partial charge in [0, 0.05) is 44.5 Å². The van der Waals surface area contributed by atoms with Crippen LogP contribution in [0.2, 0.25) is 0 Å². The number of nitrogens with zero attached hydrogens (tertiary/aromatic N) is 7. The molecule has 0 amide bonds. The number of hydrogen-bond acceptors (Lipinski definition) is 6. The van der Waals surface area contributed by atoms with Crippen LogP contribution in [0.4, 0.5) is 11.5 Å². The van der Waals surface area contributed by atoms with Gasteiger partial charge in [0.1, 0.15) is 22.8 Å². The Hall–Kier alpha value is -3.42. The van der Waals surface area contributed by atoms with Crippen LogP contribution in [0.25, 0.3) is 22.3 Å². The van der Waals surface area contributed by atoms with Crippen LogP contribution in [-0.2, 0) is 14.1 Å². The minimum atomic E-state index is 0.724. The van der Waals surface area contributed by atoms with Gasteiger partial charge in [-0.05, 0) is 13.8 Å². The maximum absolute atomic E-state index is 5.68. The van der Waals surface area contributed by atoms with E-state index in [9.17, 15) is 0 Å². The zero-order valence-electron chi connectivity index (χ0n) is 16.9. The Labute approximate surface area is 163 Å². The van der Waals surface area contributed by atoms with E-state index in [-0.39, 0.29) is 0 Å². The Bertz CT molecular complexity index is 1170. The third-order valence-corrected chi connectivity index (χ3v) is 5.13. The van der Waals surface area contributed by atoms with Crippen LogP contribution >= 0.6 is 0 Å². The Morgan fingerprint density at radius 1 is 1.04 bits per heavy atom. The molecule has 0 aliphatic heterocycles. The summed E-state index contributed by atoms with van der Waals surface area (Å²) in [5.41, 5.74) is 6.59. The lowest BCUT2D eigenvalue weighted by atomic mass is 10.1. The lowest BCUT2D eigenvalue weighted by Gasteiger charge is -2.21. The van der Waals surface area contributed by atoms with Crippen molar-refractivity contribution in [1.29, 1.82) is 0 Å². The second-order valence-electron chi connectivity index (χ2n) is 6.86. The van der Waals surface area contributed by atoms with Gasteiger partial charge in [-0.15, -0.1) is 0 Å². The highest BCUT2D eigenvalue weighted by Gasteiger charge is 2.18. The van der Waals surface area contributed by atoms with Crippen molar-refractivity contribution in [2.24, 2.45) is 14.1 Å². The zero-order valence-corrected chi connectivity index (χ0v) is 16.9. The number of ether oxygens (including phenoxy) is 1. The molecule has 0 fully saturated rings. The Kier molecular flexibility index (Phi) is 4.26. The molecule has 0 aliphatic rings. The van der Waals surface area contributed by atoms with Crippen molar-refractivity contribution in [2.75, 3.05) is 19.1 Å². The molecule has 0 saturated carbocycles. The van der Waals surface area contributed by atoms with E-state index in [0.717, 1.165) is 50.9 Å². The normalized spacial score (nSPS) is 11.2. The highest BCUT2D eigenvalue weighted by atomic mass is 16.5. The van der Waals surface area contributed by atoms with Crippen molar-refractivity contribution in [1.82, 2.24) is 29.3 Å². The largest absolute Gasteiger partial charge is 0.494 e. The number of hydrogen-bond donors (Lipinski definition) is 0. The first-order chi connectivity index (χ1) is 13.4. The molecule has 4 rings (SSSR count). The van der Waals surface area contributed by atoms with Crippen molar-refractivity contribution >= 4 is 22.5 Å². The van der Waals surface area contributed by atoms with Gasteiger partial charge in [-0.3, -0.25) is 9.67 Å². The molecule has 8 nitrogen and oxygen atoms in total. The first-order valence-electron chi connectivity index (χ1n) is 8.96. The van der Waals surface area contributed by atoms with E-state index in [4.69, 9.17) is 4.74 Å². The molecule has 4 aromatic rings. The van der Waals surface area contributed by atoms with E-state index in [0.29, 0.717) is 0 Å². The topological polar surface area (TPSA) is 73.9 Å². The summed E-state index contributed by atoms with van der Waals surface area (Å²) in [6.07, 6.45) is 5.37. The molecule has 0 saturated heterocycles. The lowest BCUT2D eigenvalue weighted by Crippen LogP contribution is -2.13. The van der Waals surface area contributed by atoms with Crippen molar-refractivity contribution < 1.29 is 4.74 Å². The van der Waals surface area contributed by atoms with Crippen LogP contribution in [-0.4, -0.2) is 43.5 Å². The average molecular weight is 377 g/mol. The van der Waals surface area contributed by atoms with Crippen molar-refractivity contribution in [3.63, 3.8) is 0 Å². The molecular weight excluding hydrogens is 354 g/mol. The minimum Gasteiger partial charge on any atom is -0.494 e. The number of methoxy groups -OCH3 is 1. The fourth-order valence-corrected chi connectivity index (χ4v) is 3.45. The monoisotopic (exact) mass is 377 g/mol. The molecule has 4 aromatic heterocycles. The van der Waals surface area contributed by atoms with Gasteiger partial charge in [-0.1, -0.05) is 0 Å². The number of aromatic nitrogens is 6. The molecule has 0 aliphatic carbocycles. The van der Waals surface area contributed by atoms with Gasteiger partial charge in [0.25, 0.3) is 0 Å². The fourth-order valence-electron chi connectivity index (χ4n) is 3.45. The standard InChI is InChI=1S/C20H23N7O/c1-12-20(13(2)27(5)24-12)14-7-18(28-6)17(10-21-14)26(4)19-8-16-15(9-22-19)23-11-25(16)3/h7-11H,1-6H3. The predicted molar refractivity (Wildman–Crippen MR) is 109 cm³/mol. The van der Waals surface area contributed by atoms with Crippen LogP contribution in [0, 0.1) is 13.8 Å². The second-order valence-corrected chi connectivity index (χ2v) is 6.86. The van der Waals surface area contributed by atoms with Crippen molar-refractivity contribution in [3.8, 4) is 17.0 Å². The number of imidazole rings is 1. The molecule has 28 heavy (non-hydrogen) atoms. The molecule has 144 valence electrons. The number of fused-ring (bicyclic) bond motifs is 1. The summed E-state index contributed by atoms with van der Waals surface area (Å²) in [6.45, 7) is 4.03. The first-order valence-corrected chi connectivity index (χ1v) is 8.96. The molecule has 8 heteroatoms. The molecule has 0 spiro atoms. The van der Waals surface area contributed by atoms with Crippen LogP contribution in [0.1, 0.15) is 11.4 Å². The third kappa shape index (κ3) is 2.77. The fraction of sp³-hybridized carbons (Fsp3) is 0.300. The van der Waals surface area contributed by atoms with Gasteiger partial charge < -0.3 is 14.2 Å². The molecular formula is C20H23N7O. The highest BCUT2D eigenvalue weighted by Crippen LogP contribution is 2.36. The number of pyridine rings is 2. The maximum Gasteiger partial charge on any atom is 0.146 e. The quantitative estimate of drug-likeness (QED) is 0.544. The van der Waals surface area contributed by atoms with Gasteiger partial charge in [0.15, 0.2) is 0 Å². The van der Waals surface area contributed by atoms with Crippen LogP contribution < -0.4 is 9.64 Å². The first kappa shape index (κ1) is 18.0. The summed E-state index contributed by atoms with van der Waals surface area (Å²) in [7, 11) is 7.52. The SMILES string of the molecule is COc1cc(-c2c(C)nn(C)c2C)ncc1N(C)c1cc2c(cn1)ncn2C. The summed E-state index contributed by atoms with van der Waals surface area (Å²) in [5.74, 6) is 1.51. The van der Waals surface area contributed by atoms with Crippen molar-refractivity contribution in [3.05, 3.63) is 42.2 Å². The highest BCUT2D eigenvalue weighted by molar-refractivity contribution is 5.80. The zero-order chi connectivity index (χ0) is 20.0. The van der Waals surface area contributed by atoms with E-state index in [1.165, 1.54) is 0 Å². The molecule has 0 bridgehead atoms. The summed E-state index contributed by atoms with van der Waals surface area (Å²) in [4.78, 5) is 15.5. The number of anilines is 2. The third-order valence-electron chi connectivity index (χ3n) is 5.13. The maximum atomic E-state index is 5.68. The molecule has 0 atom stereocenters. The van der Waals surface area contributed by atoms with Gasteiger partial charge in [-0.25, -0.2) is 9.97 Å². The summed E-state index contributed by atoms with van der Waals surface area (Å²) < 4.78 is 9.52. The van der Waals surface area contributed by atoms with Gasteiger partial charge in [0.2, 0.25) is 0 Å². The molecule has 4 heterocycles. The van der Waals surface area contributed by atoms with E-state index in [1.807, 2.05) is 67.5 Å². The lowest BCUT2D eigenvalue weighted by molar-refractivity contribution is 0.415. The Morgan fingerprint density at radius 2 is 1.82 bits per heavy atom. The molecule has 0 N–H and O–H groups in total. The summed E-state index contributed by atoms with van der Waals surface area (Å²) in [5, 5.41) is 4.49. The summed E-state index contributed by atoms with van der Waals surface area (Å²) in [6, 6.07) is 3.95. The van der Waals surface area contributed by atoms with Gasteiger partial charge >= 0.3 is 0 Å². The van der Waals surface area contributed by atoms with Crippen LogP contribution in [0.5, 0.6) is 5.75 Å². The van der Waals surface area contributed by atoms with E-state index < -0.39 is 0 Å². The van der Waals surface area contributed by atoms with Gasteiger partial charge in [0.05, 0.1) is 42.7 Å². The van der Waals surface area contributed by atoms with Crippen LogP contribution in [0.3, 0.4) is 0 Å². The number of rotatable bonds is 4. The molecule has 0 unspecified atom stereocenters. The van der Waals surface area contributed by atoms with E-state index in [1.54, 1.807) is 19.6 Å². The average Bonchev–Trinajstić information content (AvgIpc) is 3.19. The Balaban J connectivity index is 1.77. The Morgan fingerprint density at radius 3 is 2.50 bits per heavy atom. The summed E-state index contributed by atoms with van der Waals surface area (Å²) >= 11 is 0. The smallest absolute Gasteiger partial charge is 0.146 e. The van der Waals surface area contributed by atoms with Crippen LogP contribution in [0.15, 0.2) is 30.9 Å².